The number of carbonyl (C=O) groups excluding carboxylic acids is 1. The van der Waals surface area contributed by atoms with Crippen LogP contribution in [-0.2, 0) is 9.53 Å². The van der Waals surface area contributed by atoms with Gasteiger partial charge in [-0.05, 0) is 56.3 Å². The summed E-state index contributed by atoms with van der Waals surface area (Å²) in [6.45, 7) is 3.45. The monoisotopic (exact) mass is 541 g/mol. The number of hydrogen-bond acceptors (Lipinski definition) is 9. The number of para-hydroxylation sites is 1. The van der Waals surface area contributed by atoms with Crippen LogP contribution in [0, 0.1) is 5.41 Å². The van der Waals surface area contributed by atoms with Crippen LogP contribution in [0.1, 0.15) is 24.0 Å². The van der Waals surface area contributed by atoms with Crippen molar-refractivity contribution in [1.29, 1.82) is 5.41 Å². The van der Waals surface area contributed by atoms with Gasteiger partial charge in [0.1, 0.15) is 29.5 Å². The zero-order valence-electron chi connectivity index (χ0n) is 22.6. The highest BCUT2D eigenvalue weighted by Crippen LogP contribution is 2.26. The van der Waals surface area contributed by atoms with E-state index in [-0.39, 0.29) is 23.5 Å². The number of hydrogen-bond donors (Lipinski definition) is 3. The number of amides is 1. The number of rotatable bonds is 10. The van der Waals surface area contributed by atoms with Gasteiger partial charge in [-0.3, -0.25) is 15.1 Å². The average molecular weight is 542 g/mol. The van der Waals surface area contributed by atoms with E-state index in [1.54, 1.807) is 6.08 Å². The first-order chi connectivity index (χ1) is 19.5. The fourth-order valence-corrected chi connectivity index (χ4v) is 4.75. The number of likely N-dealkylation sites (tertiary alicyclic amines) is 1. The van der Waals surface area contributed by atoms with Crippen LogP contribution in [0.25, 0.3) is 0 Å². The van der Waals surface area contributed by atoms with E-state index >= 15 is 0 Å². The molecule has 1 atom stereocenters. The van der Waals surface area contributed by atoms with Crippen molar-refractivity contribution in [2.24, 2.45) is 0 Å². The lowest BCUT2D eigenvalue weighted by atomic mass is 10.0. The molecule has 1 unspecified atom stereocenters. The van der Waals surface area contributed by atoms with E-state index in [4.69, 9.17) is 20.6 Å². The maximum Gasteiger partial charge on any atom is 0.246 e. The molecule has 40 heavy (non-hydrogen) atoms. The summed E-state index contributed by atoms with van der Waals surface area (Å²) in [5.74, 6) is 2.12. The topological polar surface area (TPSA) is 130 Å². The normalized spacial score (nSPS) is 17.6. The number of benzene rings is 2. The molecule has 0 spiro atoms. The number of anilines is 2. The fraction of sp³-hybridized carbons (Fsp3) is 0.333. The highest BCUT2D eigenvalue weighted by Gasteiger charge is 2.26. The Morgan fingerprint density at radius 1 is 1.18 bits per heavy atom. The Bertz CT molecular complexity index is 1340. The summed E-state index contributed by atoms with van der Waals surface area (Å²) in [6, 6.07) is 17.2. The third-order valence-electron chi connectivity index (χ3n) is 7.22. The number of nitrogens with two attached hydrogens (primary N) is 1. The van der Waals surface area contributed by atoms with Crippen molar-refractivity contribution in [3.63, 3.8) is 0 Å². The van der Waals surface area contributed by atoms with Crippen LogP contribution in [0.5, 0.6) is 11.5 Å². The summed E-state index contributed by atoms with van der Waals surface area (Å²) in [4.78, 5) is 25.5. The predicted molar refractivity (Wildman–Crippen MR) is 155 cm³/mol. The van der Waals surface area contributed by atoms with Gasteiger partial charge in [0, 0.05) is 37.3 Å². The molecule has 0 aliphatic carbocycles. The first-order valence-electron chi connectivity index (χ1n) is 13.5. The Labute approximate surface area is 234 Å². The molecule has 2 aliphatic rings. The lowest BCUT2D eigenvalue weighted by Gasteiger charge is -2.34. The largest absolute Gasteiger partial charge is 0.457 e. The molecule has 2 fully saturated rings. The third kappa shape index (κ3) is 6.64. The maximum atomic E-state index is 12.9. The maximum absolute atomic E-state index is 12.9. The molecule has 0 radical (unpaired) electrons. The van der Waals surface area contributed by atoms with Crippen LogP contribution in [0.2, 0.25) is 0 Å². The van der Waals surface area contributed by atoms with E-state index in [9.17, 15) is 4.79 Å². The van der Waals surface area contributed by atoms with Crippen LogP contribution < -0.4 is 15.8 Å². The van der Waals surface area contributed by atoms with E-state index in [2.05, 4.69) is 20.2 Å². The molecule has 1 amide bonds. The van der Waals surface area contributed by atoms with Gasteiger partial charge < -0.3 is 25.4 Å². The molecule has 208 valence electrons. The van der Waals surface area contributed by atoms with Gasteiger partial charge in [0.05, 0.1) is 30.5 Å². The lowest BCUT2D eigenvalue weighted by molar-refractivity contribution is -0.127. The Kier molecular flexibility index (Phi) is 8.68. The minimum atomic E-state index is -0.0246. The molecule has 2 aromatic carbocycles. The fourth-order valence-electron chi connectivity index (χ4n) is 4.75. The molecule has 3 heterocycles. The van der Waals surface area contributed by atoms with E-state index in [1.807, 2.05) is 72.6 Å². The number of piperidine rings is 1. The van der Waals surface area contributed by atoms with E-state index in [0.717, 1.165) is 31.8 Å². The number of ether oxygens (including phenoxy) is 2. The predicted octanol–water partition coefficient (Wildman–Crippen LogP) is 3.56. The minimum absolute atomic E-state index is 0.00209. The van der Waals surface area contributed by atoms with Gasteiger partial charge in [-0.15, -0.1) is 0 Å². The van der Waals surface area contributed by atoms with E-state index in [0.29, 0.717) is 48.4 Å². The van der Waals surface area contributed by atoms with Crippen LogP contribution in [-0.4, -0.2) is 83.4 Å². The number of aromatic nitrogens is 2. The van der Waals surface area contributed by atoms with E-state index < -0.39 is 0 Å². The van der Waals surface area contributed by atoms with Gasteiger partial charge in [-0.1, -0.05) is 24.3 Å². The van der Waals surface area contributed by atoms with Crippen LogP contribution in [0.3, 0.4) is 0 Å². The Morgan fingerprint density at radius 3 is 2.65 bits per heavy atom. The van der Waals surface area contributed by atoms with Crippen LogP contribution >= 0.6 is 0 Å². The minimum Gasteiger partial charge on any atom is -0.457 e. The van der Waals surface area contributed by atoms with Crippen molar-refractivity contribution in [2.45, 2.75) is 24.9 Å². The Hall–Kier alpha value is -4.28. The SMILES string of the molecule is CN(C/C=C/C(=O)N1CCCC(Nc2ncnc(N)c2C(=N)c2ccc(Oc3ccccc3)cc2)C1)C1COC1. The van der Waals surface area contributed by atoms with Crippen molar-refractivity contribution in [3.8, 4) is 11.5 Å². The zero-order chi connectivity index (χ0) is 27.9. The molecule has 0 bridgehead atoms. The van der Waals surface area contributed by atoms with Crippen molar-refractivity contribution in [2.75, 3.05) is 50.9 Å². The number of likely N-dealkylation sites (N-methyl/N-ethyl adjacent to an activating group) is 1. The van der Waals surface area contributed by atoms with Crippen molar-refractivity contribution in [1.82, 2.24) is 19.8 Å². The van der Waals surface area contributed by atoms with Gasteiger partial charge in [0.15, 0.2) is 0 Å². The van der Waals surface area contributed by atoms with E-state index in [1.165, 1.54) is 6.33 Å². The summed E-state index contributed by atoms with van der Waals surface area (Å²) in [5, 5.41) is 12.3. The van der Waals surface area contributed by atoms with Crippen molar-refractivity contribution in [3.05, 3.63) is 84.2 Å². The molecular formula is C30H35N7O3. The Balaban J connectivity index is 1.22. The summed E-state index contributed by atoms with van der Waals surface area (Å²) in [5.41, 5.74) is 7.55. The second-order valence-electron chi connectivity index (χ2n) is 10.1. The molecule has 2 aliphatic heterocycles. The molecule has 10 nitrogen and oxygen atoms in total. The third-order valence-corrected chi connectivity index (χ3v) is 7.22. The molecule has 0 saturated carbocycles. The van der Waals surface area contributed by atoms with Crippen LogP contribution in [0.4, 0.5) is 11.6 Å². The lowest BCUT2D eigenvalue weighted by Crippen LogP contribution is -2.47. The first kappa shape index (κ1) is 27.3. The zero-order valence-corrected chi connectivity index (χ0v) is 22.6. The molecule has 1 aromatic heterocycles. The second kappa shape index (κ2) is 12.7. The Morgan fingerprint density at radius 2 is 1.93 bits per heavy atom. The average Bonchev–Trinajstić information content (AvgIpc) is 2.93. The van der Waals surface area contributed by atoms with Gasteiger partial charge in [0.2, 0.25) is 5.91 Å². The second-order valence-corrected chi connectivity index (χ2v) is 10.1. The molecule has 4 N–H and O–H groups in total. The van der Waals surface area contributed by atoms with Crippen molar-refractivity contribution >= 4 is 23.3 Å². The molecule has 3 aromatic rings. The number of nitrogen functional groups attached to an aromatic ring is 1. The number of carbonyl (C=O) groups is 1. The van der Waals surface area contributed by atoms with Gasteiger partial charge >= 0.3 is 0 Å². The summed E-state index contributed by atoms with van der Waals surface area (Å²) in [6.07, 6.45) is 6.71. The standard InChI is InChI=1S/C30H35N7O3/c1-36(23-18-39-19-23)15-6-10-26(38)37-16-5-7-22(17-37)35-30-27(29(32)33-20-34-30)28(31)21-11-13-25(14-12-21)40-24-8-3-2-4-9-24/h2-4,6,8-14,20,22-23,31H,5,7,15-19H2,1H3,(H3,32,33,34,35)/b10-6+,31-28?. The molecule has 10 heteroatoms. The first-order valence-corrected chi connectivity index (χ1v) is 13.5. The van der Waals surface area contributed by atoms with Gasteiger partial charge in [-0.2, -0.15) is 0 Å². The summed E-state index contributed by atoms with van der Waals surface area (Å²) in [7, 11) is 2.04. The molecular weight excluding hydrogens is 506 g/mol. The quantitative estimate of drug-likeness (QED) is 0.262. The smallest absolute Gasteiger partial charge is 0.246 e. The van der Waals surface area contributed by atoms with Crippen molar-refractivity contribution < 1.29 is 14.3 Å². The molecule has 5 rings (SSSR count). The van der Waals surface area contributed by atoms with Crippen LogP contribution in [0.15, 0.2) is 73.1 Å². The highest BCUT2D eigenvalue weighted by atomic mass is 16.5. The summed E-state index contributed by atoms with van der Waals surface area (Å²) < 4.78 is 11.1. The van der Waals surface area contributed by atoms with Gasteiger partial charge in [0.25, 0.3) is 0 Å². The number of nitrogens with zero attached hydrogens (tertiary/aromatic N) is 4. The molecule has 2 saturated heterocycles. The summed E-state index contributed by atoms with van der Waals surface area (Å²) >= 11 is 0. The van der Waals surface area contributed by atoms with Gasteiger partial charge in [-0.25, -0.2) is 9.97 Å². The number of nitrogens with one attached hydrogen (secondary N) is 2. The highest BCUT2D eigenvalue weighted by molar-refractivity contribution is 6.16.